The molecule has 0 radical (unpaired) electrons. The van der Waals surface area contributed by atoms with Gasteiger partial charge in [0.2, 0.25) is 5.91 Å². The fourth-order valence-electron chi connectivity index (χ4n) is 2.01. The molecule has 5 nitrogen and oxygen atoms in total. The van der Waals surface area contributed by atoms with Crippen LogP contribution in [0.4, 0.5) is 5.69 Å². The van der Waals surface area contributed by atoms with E-state index in [0.717, 1.165) is 5.69 Å². The molecule has 0 spiro atoms. The minimum absolute atomic E-state index is 0.0000734. The Labute approximate surface area is 125 Å². The van der Waals surface area contributed by atoms with Crippen molar-refractivity contribution in [2.24, 2.45) is 11.8 Å². The van der Waals surface area contributed by atoms with Gasteiger partial charge in [-0.15, -0.1) is 0 Å². The van der Waals surface area contributed by atoms with E-state index in [1.54, 1.807) is 6.92 Å². The van der Waals surface area contributed by atoms with E-state index in [4.69, 9.17) is 9.84 Å². The van der Waals surface area contributed by atoms with E-state index in [0.29, 0.717) is 12.8 Å². The van der Waals surface area contributed by atoms with Crippen LogP contribution in [0.3, 0.4) is 0 Å². The highest BCUT2D eigenvalue weighted by molar-refractivity contribution is 5.92. The molecule has 0 heterocycles. The fraction of sp³-hybridized carbons (Fsp3) is 0.500. The Balaban J connectivity index is 2.51. The van der Waals surface area contributed by atoms with Gasteiger partial charge in [-0.25, -0.2) is 0 Å². The van der Waals surface area contributed by atoms with Gasteiger partial charge in [0.15, 0.2) is 0 Å². The van der Waals surface area contributed by atoms with Crippen molar-refractivity contribution in [1.29, 1.82) is 0 Å². The first-order valence-corrected chi connectivity index (χ1v) is 7.21. The molecule has 0 aromatic heterocycles. The molecule has 5 heteroatoms. The van der Waals surface area contributed by atoms with Crippen LogP contribution in [-0.2, 0) is 14.3 Å². The fourth-order valence-corrected chi connectivity index (χ4v) is 2.01. The standard InChI is InChI=1S/C16H23NO4/c1-3-13(16(20)21-10-9-18)11-12(2)15(19)17-14-7-5-4-6-8-14/h4-8,12-13,18H,3,9-11H2,1-2H3,(H,17,19). The number of benzene rings is 1. The molecule has 1 amide bonds. The molecule has 1 aromatic carbocycles. The molecule has 1 aromatic rings. The summed E-state index contributed by atoms with van der Waals surface area (Å²) in [7, 11) is 0. The Morgan fingerprint density at radius 3 is 2.52 bits per heavy atom. The van der Waals surface area contributed by atoms with Gasteiger partial charge in [-0.05, 0) is 25.0 Å². The molecular weight excluding hydrogens is 270 g/mol. The monoisotopic (exact) mass is 293 g/mol. The Morgan fingerprint density at radius 2 is 1.95 bits per heavy atom. The highest BCUT2D eigenvalue weighted by atomic mass is 16.5. The van der Waals surface area contributed by atoms with Gasteiger partial charge in [-0.1, -0.05) is 32.0 Å². The number of carbonyl (C=O) groups is 2. The van der Waals surface area contributed by atoms with Gasteiger partial charge < -0.3 is 15.2 Å². The van der Waals surface area contributed by atoms with Gasteiger partial charge >= 0.3 is 5.97 Å². The summed E-state index contributed by atoms with van der Waals surface area (Å²) < 4.78 is 4.92. The third-order valence-corrected chi connectivity index (χ3v) is 3.29. The van der Waals surface area contributed by atoms with Crippen molar-refractivity contribution in [3.05, 3.63) is 30.3 Å². The van der Waals surface area contributed by atoms with Crippen LogP contribution in [0.25, 0.3) is 0 Å². The predicted octanol–water partition coefficient (Wildman–Crippen LogP) is 2.21. The molecule has 2 N–H and O–H groups in total. The maximum absolute atomic E-state index is 12.1. The molecule has 2 unspecified atom stereocenters. The predicted molar refractivity (Wildman–Crippen MR) is 80.7 cm³/mol. The molecule has 0 saturated carbocycles. The largest absolute Gasteiger partial charge is 0.463 e. The normalized spacial score (nSPS) is 13.3. The van der Waals surface area contributed by atoms with Crippen molar-refractivity contribution < 1.29 is 19.4 Å². The zero-order chi connectivity index (χ0) is 15.7. The quantitative estimate of drug-likeness (QED) is 0.721. The van der Waals surface area contributed by atoms with Crippen LogP contribution in [-0.4, -0.2) is 30.2 Å². The highest BCUT2D eigenvalue weighted by Gasteiger charge is 2.24. The average Bonchev–Trinajstić information content (AvgIpc) is 2.50. The number of aliphatic hydroxyl groups excluding tert-OH is 1. The summed E-state index contributed by atoms with van der Waals surface area (Å²) in [6, 6.07) is 9.21. The van der Waals surface area contributed by atoms with Gasteiger partial charge in [0.05, 0.1) is 12.5 Å². The number of aliphatic hydroxyl groups is 1. The first-order valence-electron chi connectivity index (χ1n) is 7.21. The second-order valence-electron chi connectivity index (χ2n) is 4.99. The molecule has 0 fully saturated rings. The molecule has 0 saturated heterocycles. The Hall–Kier alpha value is -1.88. The SMILES string of the molecule is CCC(CC(C)C(=O)Nc1ccccc1)C(=O)OCCO. The van der Waals surface area contributed by atoms with E-state index in [1.807, 2.05) is 37.3 Å². The number of hydrogen-bond donors (Lipinski definition) is 2. The first kappa shape index (κ1) is 17.2. The molecular formula is C16H23NO4. The van der Waals surface area contributed by atoms with Gasteiger partial charge in [-0.2, -0.15) is 0 Å². The van der Waals surface area contributed by atoms with Crippen molar-refractivity contribution in [3.63, 3.8) is 0 Å². The van der Waals surface area contributed by atoms with E-state index >= 15 is 0 Å². The maximum Gasteiger partial charge on any atom is 0.309 e. The summed E-state index contributed by atoms with van der Waals surface area (Å²) in [5, 5.41) is 11.5. The second-order valence-corrected chi connectivity index (χ2v) is 4.99. The Kier molecular flexibility index (Phi) is 7.46. The summed E-state index contributed by atoms with van der Waals surface area (Å²) in [6.45, 7) is 3.49. The summed E-state index contributed by atoms with van der Waals surface area (Å²) in [6.07, 6.45) is 1.03. The summed E-state index contributed by atoms with van der Waals surface area (Å²) in [5.74, 6) is -1.09. The third kappa shape index (κ3) is 5.95. The topological polar surface area (TPSA) is 75.6 Å². The van der Waals surface area contributed by atoms with Gasteiger partial charge in [0, 0.05) is 11.6 Å². The molecule has 21 heavy (non-hydrogen) atoms. The number of carbonyl (C=O) groups excluding carboxylic acids is 2. The van der Waals surface area contributed by atoms with Crippen LogP contribution in [0.15, 0.2) is 30.3 Å². The molecule has 0 aliphatic heterocycles. The van der Waals surface area contributed by atoms with E-state index in [2.05, 4.69) is 5.32 Å². The zero-order valence-corrected chi connectivity index (χ0v) is 12.5. The van der Waals surface area contributed by atoms with Crippen LogP contribution in [0.2, 0.25) is 0 Å². The van der Waals surface area contributed by atoms with Crippen LogP contribution in [0.5, 0.6) is 0 Å². The van der Waals surface area contributed by atoms with Crippen molar-refractivity contribution in [1.82, 2.24) is 0 Å². The van der Waals surface area contributed by atoms with Crippen LogP contribution < -0.4 is 5.32 Å². The molecule has 2 atom stereocenters. The lowest BCUT2D eigenvalue weighted by Gasteiger charge is -2.18. The van der Waals surface area contributed by atoms with Crippen LogP contribution in [0, 0.1) is 11.8 Å². The zero-order valence-electron chi connectivity index (χ0n) is 12.5. The number of amides is 1. The lowest BCUT2D eigenvalue weighted by atomic mass is 9.93. The van der Waals surface area contributed by atoms with E-state index in [1.165, 1.54) is 0 Å². The molecule has 0 aliphatic carbocycles. The van der Waals surface area contributed by atoms with E-state index in [-0.39, 0.29) is 36.9 Å². The Bertz CT molecular complexity index is 447. The van der Waals surface area contributed by atoms with Gasteiger partial charge in [0.25, 0.3) is 0 Å². The lowest BCUT2D eigenvalue weighted by molar-refractivity contribution is -0.150. The number of rotatable bonds is 8. The average molecular weight is 293 g/mol. The third-order valence-electron chi connectivity index (χ3n) is 3.29. The number of ether oxygens (including phenoxy) is 1. The van der Waals surface area contributed by atoms with Crippen molar-refractivity contribution in [2.45, 2.75) is 26.7 Å². The number of para-hydroxylation sites is 1. The first-order chi connectivity index (χ1) is 10.1. The van der Waals surface area contributed by atoms with Crippen molar-refractivity contribution in [3.8, 4) is 0 Å². The summed E-state index contributed by atoms with van der Waals surface area (Å²) in [4.78, 5) is 23.9. The minimum Gasteiger partial charge on any atom is -0.463 e. The van der Waals surface area contributed by atoms with Crippen molar-refractivity contribution >= 4 is 17.6 Å². The molecule has 0 bridgehead atoms. The second kappa shape index (κ2) is 9.13. The van der Waals surface area contributed by atoms with Gasteiger partial charge in [0.1, 0.15) is 6.61 Å². The number of anilines is 1. The number of esters is 1. The lowest BCUT2D eigenvalue weighted by Crippen LogP contribution is -2.27. The molecule has 0 aliphatic rings. The number of hydrogen-bond acceptors (Lipinski definition) is 4. The van der Waals surface area contributed by atoms with E-state index in [9.17, 15) is 9.59 Å². The highest BCUT2D eigenvalue weighted by Crippen LogP contribution is 2.19. The minimum atomic E-state index is -0.356. The smallest absolute Gasteiger partial charge is 0.309 e. The van der Waals surface area contributed by atoms with Crippen molar-refractivity contribution in [2.75, 3.05) is 18.5 Å². The maximum atomic E-state index is 12.1. The van der Waals surface area contributed by atoms with Crippen LogP contribution >= 0.6 is 0 Å². The Morgan fingerprint density at radius 1 is 1.29 bits per heavy atom. The van der Waals surface area contributed by atoms with E-state index < -0.39 is 0 Å². The summed E-state index contributed by atoms with van der Waals surface area (Å²) >= 11 is 0. The summed E-state index contributed by atoms with van der Waals surface area (Å²) in [5.41, 5.74) is 0.741. The van der Waals surface area contributed by atoms with Crippen LogP contribution in [0.1, 0.15) is 26.7 Å². The van der Waals surface area contributed by atoms with Gasteiger partial charge in [-0.3, -0.25) is 9.59 Å². The molecule has 1 rings (SSSR count). The number of nitrogens with one attached hydrogen (secondary N) is 1. The molecule has 116 valence electrons.